The van der Waals surface area contributed by atoms with Crippen LogP contribution in [0.1, 0.15) is 12.1 Å². The molecule has 2 aromatic rings. The maximum absolute atomic E-state index is 4.98. The number of rotatable bonds is 6. The predicted molar refractivity (Wildman–Crippen MR) is 61.2 cm³/mol. The Morgan fingerprint density at radius 2 is 2.38 bits per heavy atom. The number of nitrogens with one attached hydrogen (secondary N) is 1. The van der Waals surface area contributed by atoms with E-state index in [0.717, 1.165) is 37.6 Å². The molecule has 0 atom stereocenters. The standard InChI is InChI=1S/C11H16N4O/c1-16-7-3-4-12-8-10-9-14-11-13-5-2-6-15(10)11/h2,5-6,9,12H,3-4,7-8H2,1H3. The molecule has 0 fully saturated rings. The van der Waals surface area contributed by atoms with Crippen molar-refractivity contribution < 1.29 is 4.74 Å². The first-order valence-corrected chi connectivity index (χ1v) is 5.38. The third-order valence-electron chi connectivity index (χ3n) is 2.37. The number of ether oxygens (including phenoxy) is 1. The molecule has 2 aromatic heterocycles. The van der Waals surface area contributed by atoms with Gasteiger partial charge in [-0.1, -0.05) is 0 Å². The van der Waals surface area contributed by atoms with Gasteiger partial charge >= 0.3 is 0 Å². The minimum atomic E-state index is 0.746. The van der Waals surface area contributed by atoms with Crippen LogP contribution in [0.3, 0.4) is 0 Å². The van der Waals surface area contributed by atoms with Crippen LogP contribution in [0.4, 0.5) is 0 Å². The normalized spacial score (nSPS) is 11.1. The molecular formula is C11H16N4O. The Morgan fingerprint density at radius 3 is 3.25 bits per heavy atom. The van der Waals surface area contributed by atoms with Crippen LogP contribution in [0.15, 0.2) is 24.7 Å². The highest BCUT2D eigenvalue weighted by Crippen LogP contribution is 2.02. The number of fused-ring (bicyclic) bond motifs is 1. The summed E-state index contributed by atoms with van der Waals surface area (Å²) in [6.07, 6.45) is 6.59. The summed E-state index contributed by atoms with van der Waals surface area (Å²) in [6.45, 7) is 2.54. The molecule has 5 heteroatoms. The first-order valence-electron chi connectivity index (χ1n) is 5.38. The van der Waals surface area contributed by atoms with E-state index < -0.39 is 0 Å². The number of imidazole rings is 1. The summed E-state index contributed by atoms with van der Waals surface area (Å²) in [7, 11) is 1.72. The highest BCUT2D eigenvalue weighted by atomic mass is 16.5. The SMILES string of the molecule is COCCCNCc1cnc2ncccn12. The third-order valence-corrected chi connectivity index (χ3v) is 2.37. The summed E-state index contributed by atoms with van der Waals surface area (Å²) < 4.78 is 6.97. The van der Waals surface area contributed by atoms with Crippen molar-refractivity contribution in [2.24, 2.45) is 0 Å². The molecule has 0 saturated carbocycles. The minimum absolute atomic E-state index is 0.746. The molecule has 0 aliphatic rings. The predicted octanol–water partition coefficient (Wildman–Crippen LogP) is 0.855. The Labute approximate surface area is 94.5 Å². The van der Waals surface area contributed by atoms with E-state index in [1.165, 1.54) is 0 Å². The molecule has 0 saturated heterocycles. The Kier molecular flexibility index (Phi) is 3.85. The zero-order valence-electron chi connectivity index (χ0n) is 9.39. The fourth-order valence-electron chi connectivity index (χ4n) is 1.57. The van der Waals surface area contributed by atoms with Crippen molar-refractivity contribution in [3.05, 3.63) is 30.4 Å². The van der Waals surface area contributed by atoms with Crippen molar-refractivity contribution in [2.75, 3.05) is 20.3 Å². The van der Waals surface area contributed by atoms with E-state index in [-0.39, 0.29) is 0 Å². The molecule has 0 bridgehead atoms. The van der Waals surface area contributed by atoms with Gasteiger partial charge in [0.25, 0.3) is 0 Å². The van der Waals surface area contributed by atoms with Gasteiger partial charge in [0.2, 0.25) is 5.78 Å². The van der Waals surface area contributed by atoms with Crippen LogP contribution in [0, 0.1) is 0 Å². The summed E-state index contributed by atoms with van der Waals surface area (Å²) in [6, 6.07) is 1.91. The fraction of sp³-hybridized carbons (Fsp3) is 0.455. The summed E-state index contributed by atoms with van der Waals surface area (Å²) in [5.41, 5.74) is 1.13. The Balaban J connectivity index is 1.89. The summed E-state index contributed by atoms with van der Waals surface area (Å²) >= 11 is 0. The summed E-state index contributed by atoms with van der Waals surface area (Å²) in [4.78, 5) is 8.38. The maximum atomic E-state index is 4.98. The second-order valence-corrected chi connectivity index (χ2v) is 3.56. The fourth-order valence-corrected chi connectivity index (χ4v) is 1.57. The first-order chi connectivity index (χ1) is 7.92. The Morgan fingerprint density at radius 1 is 1.44 bits per heavy atom. The molecule has 16 heavy (non-hydrogen) atoms. The van der Waals surface area contributed by atoms with Gasteiger partial charge in [0.15, 0.2) is 0 Å². The summed E-state index contributed by atoms with van der Waals surface area (Å²) in [5.74, 6) is 0.746. The van der Waals surface area contributed by atoms with Gasteiger partial charge in [0, 0.05) is 32.7 Å². The number of methoxy groups -OCH3 is 1. The average molecular weight is 220 g/mol. The van der Waals surface area contributed by atoms with Gasteiger partial charge in [0.1, 0.15) is 0 Å². The molecule has 5 nitrogen and oxygen atoms in total. The third kappa shape index (κ3) is 2.56. The number of aromatic nitrogens is 3. The minimum Gasteiger partial charge on any atom is -0.385 e. The van der Waals surface area contributed by atoms with Crippen LogP contribution in [-0.2, 0) is 11.3 Å². The van der Waals surface area contributed by atoms with E-state index in [0.29, 0.717) is 0 Å². The van der Waals surface area contributed by atoms with Gasteiger partial charge in [-0.25, -0.2) is 9.97 Å². The number of hydrogen-bond acceptors (Lipinski definition) is 4. The van der Waals surface area contributed by atoms with E-state index in [1.54, 1.807) is 13.3 Å². The highest BCUT2D eigenvalue weighted by Gasteiger charge is 2.01. The van der Waals surface area contributed by atoms with E-state index >= 15 is 0 Å². The van der Waals surface area contributed by atoms with E-state index in [4.69, 9.17) is 4.74 Å². The van der Waals surface area contributed by atoms with Crippen molar-refractivity contribution in [1.29, 1.82) is 0 Å². The Hall–Kier alpha value is -1.46. The van der Waals surface area contributed by atoms with Crippen molar-refractivity contribution in [3.8, 4) is 0 Å². The molecule has 0 amide bonds. The largest absolute Gasteiger partial charge is 0.385 e. The zero-order chi connectivity index (χ0) is 11.2. The molecular weight excluding hydrogens is 204 g/mol. The molecule has 0 unspecified atom stereocenters. The van der Waals surface area contributed by atoms with Gasteiger partial charge in [-0.15, -0.1) is 0 Å². The van der Waals surface area contributed by atoms with Crippen molar-refractivity contribution in [1.82, 2.24) is 19.7 Å². The average Bonchev–Trinajstić information content (AvgIpc) is 2.73. The van der Waals surface area contributed by atoms with Crippen LogP contribution in [0.5, 0.6) is 0 Å². The molecule has 0 aliphatic carbocycles. The lowest BCUT2D eigenvalue weighted by Gasteiger charge is -2.03. The lowest BCUT2D eigenvalue weighted by Crippen LogP contribution is -2.17. The van der Waals surface area contributed by atoms with Crippen molar-refractivity contribution in [3.63, 3.8) is 0 Å². The smallest absolute Gasteiger partial charge is 0.233 e. The van der Waals surface area contributed by atoms with Crippen LogP contribution >= 0.6 is 0 Å². The van der Waals surface area contributed by atoms with E-state index in [9.17, 15) is 0 Å². The Bertz CT molecular complexity index is 440. The van der Waals surface area contributed by atoms with Crippen LogP contribution in [0.2, 0.25) is 0 Å². The van der Waals surface area contributed by atoms with Gasteiger partial charge in [-0.05, 0) is 19.0 Å². The van der Waals surface area contributed by atoms with Gasteiger partial charge in [0.05, 0.1) is 11.9 Å². The van der Waals surface area contributed by atoms with Gasteiger partial charge < -0.3 is 10.1 Å². The van der Waals surface area contributed by atoms with Crippen LogP contribution in [-0.4, -0.2) is 34.6 Å². The molecule has 2 heterocycles. The van der Waals surface area contributed by atoms with E-state index in [2.05, 4.69) is 15.3 Å². The van der Waals surface area contributed by atoms with Crippen LogP contribution < -0.4 is 5.32 Å². The van der Waals surface area contributed by atoms with Gasteiger partial charge in [-0.2, -0.15) is 0 Å². The monoisotopic (exact) mass is 220 g/mol. The quantitative estimate of drug-likeness (QED) is 0.733. The maximum Gasteiger partial charge on any atom is 0.233 e. The van der Waals surface area contributed by atoms with Gasteiger partial charge in [-0.3, -0.25) is 4.40 Å². The molecule has 0 spiro atoms. The highest BCUT2D eigenvalue weighted by molar-refractivity contribution is 5.30. The lowest BCUT2D eigenvalue weighted by atomic mass is 10.4. The molecule has 0 aromatic carbocycles. The number of nitrogens with zero attached hydrogens (tertiary/aromatic N) is 3. The molecule has 2 rings (SSSR count). The van der Waals surface area contributed by atoms with Crippen molar-refractivity contribution >= 4 is 5.78 Å². The molecule has 1 N–H and O–H groups in total. The zero-order valence-corrected chi connectivity index (χ0v) is 9.39. The lowest BCUT2D eigenvalue weighted by molar-refractivity contribution is 0.194. The summed E-state index contributed by atoms with van der Waals surface area (Å²) in [5, 5.41) is 3.35. The van der Waals surface area contributed by atoms with E-state index in [1.807, 2.05) is 22.9 Å². The second kappa shape index (κ2) is 5.58. The molecule has 86 valence electrons. The second-order valence-electron chi connectivity index (χ2n) is 3.56. The number of hydrogen-bond donors (Lipinski definition) is 1. The first kappa shape index (κ1) is 11.0. The van der Waals surface area contributed by atoms with Crippen LogP contribution in [0.25, 0.3) is 5.78 Å². The molecule has 0 aliphatic heterocycles. The topological polar surface area (TPSA) is 51.5 Å². The van der Waals surface area contributed by atoms with Crippen molar-refractivity contribution in [2.45, 2.75) is 13.0 Å². The molecule has 0 radical (unpaired) electrons.